The summed E-state index contributed by atoms with van der Waals surface area (Å²) in [6.07, 6.45) is 3.05. The molecule has 0 amide bonds. The maximum atomic E-state index is 13.5. The predicted molar refractivity (Wildman–Crippen MR) is 69.9 cm³/mol. The molecule has 1 N–H and O–H groups in total. The first kappa shape index (κ1) is 14.5. The Morgan fingerprint density at radius 2 is 2.11 bits per heavy atom. The van der Waals surface area contributed by atoms with Crippen molar-refractivity contribution in [3.8, 4) is 6.07 Å². The van der Waals surface area contributed by atoms with E-state index in [0.717, 1.165) is 25.9 Å². The average molecular weight is 250 g/mol. The van der Waals surface area contributed by atoms with E-state index in [2.05, 4.69) is 12.2 Å². The van der Waals surface area contributed by atoms with Gasteiger partial charge >= 0.3 is 0 Å². The first-order valence-corrected chi connectivity index (χ1v) is 6.29. The largest absolute Gasteiger partial charge is 0.383 e. The molecule has 0 radical (unpaired) electrons. The molecule has 0 bridgehead atoms. The molecule has 1 rings (SSSR count). The van der Waals surface area contributed by atoms with E-state index in [-0.39, 0.29) is 5.82 Å². The van der Waals surface area contributed by atoms with Crippen molar-refractivity contribution in [1.29, 1.82) is 5.26 Å². The zero-order chi connectivity index (χ0) is 13.2. The van der Waals surface area contributed by atoms with Gasteiger partial charge in [-0.1, -0.05) is 13.3 Å². The van der Waals surface area contributed by atoms with Crippen LogP contribution in [0.3, 0.4) is 0 Å². The van der Waals surface area contributed by atoms with Gasteiger partial charge in [0, 0.05) is 19.8 Å². The molecule has 0 aliphatic heterocycles. The van der Waals surface area contributed by atoms with Crippen LogP contribution in [0.1, 0.15) is 31.7 Å². The Morgan fingerprint density at radius 3 is 2.78 bits per heavy atom. The smallest absolute Gasteiger partial charge is 0.147 e. The second kappa shape index (κ2) is 8.48. The van der Waals surface area contributed by atoms with Gasteiger partial charge in [0.2, 0.25) is 0 Å². The van der Waals surface area contributed by atoms with Crippen molar-refractivity contribution in [2.75, 3.05) is 25.1 Å². The van der Waals surface area contributed by atoms with Crippen molar-refractivity contribution in [3.63, 3.8) is 0 Å². The molecule has 0 atom stereocenters. The third-order valence-electron chi connectivity index (χ3n) is 2.52. The first-order valence-electron chi connectivity index (χ1n) is 6.29. The van der Waals surface area contributed by atoms with Crippen LogP contribution in [0.25, 0.3) is 0 Å². The molecule has 0 fully saturated rings. The number of unbranched alkanes of at least 4 members (excludes halogenated alkanes) is 1. The number of hydrogen-bond acceptors (Lipinski definition) is 3. The summed E-state index contributed by atoms with van der Waals surface area (Å²) in [6, 6.07) is 6.33. The van der Waals surface area contributed by atoms with E-state index in [9.17, 15) is 4.39 Å². The van der Waals surface area contributed by atoms with Gasteiger partial charge in [-0.15, -0.1) is 0 Å². The van der Waals surface area contributed by atoms with Gasteiger partial charge in [0.15, 0.2) is 0 Å². The molecule has 98 valence electrons. The molecule has 3 nitrogen and oxygen atoms in total. The van der Waals surface area contributed by atoms with Crippen LogP contribution in [0, 0.1) is 17.1 Å². The van der Waals surface area contributed by atoms with Gasteiger partial charge in [-0.25, -0.2) is 4.39 Å². The second-order valence-electron chi connectivity index (χ2n) is 4.05. The van der Waals surface area contributed by atoms with Crippen molar-refractivity contribution >= 4 is 5.69 Å². The Labute approximate surface area is 108 Å². The lowest BCUT2D eigenvalue weighted by atomic mass is 10.2. The van der Waals surface area contributed by atoms with Crippen molar-refractivity contribution < 1.29 is 9.13 Å². The minimum absolute atomic E-state index is 0.334. The number of nitrogens with zero attached hydrogens (tertiary/aromatic N) is 1. The topological polar surface area (TPSA) is 45.0 Å². The normalized spacial score (nSPS) is 10.1. The summed E-state index contributed by atoms with van der Waals surface area (Å²) in [5.74, 6) is -0.388. The van der Waals surface area contributed by atoms with E-state index >= 15 is 0 Å². The summed E-state index contributed by atoms with van der Waals surface area (Å²) >= 11 is 0. The summed E-state index contributed by atoms with van der Waals surface area (Å²) < 4.78 is 18.9. The molecule has 0 saturated carbocycles. The van der Waals surface area contributed by atoms with Crippen LogP contribution in [-0.4, -0.2) is 19.8 Å². The van der Waals surface area contributed by atoms with Gasteiger partial charge in [0.05, 0.1) is 17.3 Å². The second-order valence-corrected chi connectivity index (χ2v) is 4.05. The van der Waals surface area contributed by atoms with Crippen LogP contribution in [0.5, 0.6) is 0 Å². The maximum Gasteiger partial charge on any atom is 0.147 e. The first-order chi connectivity index (χ1) is 8.77. The molecule has 0 unspecified atom stereocenters. The van der Waals surface area contributed by atoms with Gasteiger partial charge in [0.25, 0.3) is 0 Å². The van der Waals surface area contributed by atoms with Crippen LogP contribution < -0.4 is 5.32 Å². The number of halogens is 1. The highest BCUT2D eigenvalue weighted by molar-refractivity contribution is 5.48. The number of nitriles is 1. The predicted octanol–water partition coefficient (Wildman–Crippen LogP) is 3.32. The number of nitrogens with one attached hydrogen (secondary N) is 1. The third kappa shape index (κ3) is 5.15. The third-order valence-corrected chi connectivity index (χ3v) is 2.52. The number of anilines is 1. The Balaban J connectivity index is 2.21. The molecular weight excluding hydrogens is 231 g/mol. The van der Waals surface area contributed by atoms with E-state index in [1.54, 1.807) is 12.1 Å². The zero-order valence-corrected chi connectivity index (χ0v) is 10.7. The monoisotopic (exact) mass is 250 g/mol. The Hall–Kier alpha value is -1.60. The summed E-state index contributed by atoms with van der Waals surface area (Å²) in [7, 11) is 0. The van der Waals surface area contributed by atoms with Crippen LogP contribution in [0.4, 0.5) is 10.1 Å². The number of rotatable bonds is 8. The molecule has 0 aromatic heterocycles. The summed E-state index contributed by atoms with van der Waals surface area (Å²) in [4.78, 5) is 0. The van der Waals surface area contributed by atoms with E-state index < -0.39 is 0 Å². The SMILES string of the molecule is CCCCOCCCNc1ccc(C#N)cc1F. The summed E-state index contributed by atoms with van der Waals surface area (Å²) in [6.45, 7) is 4.26. The van der Waals surface area contributed by atoms with Crippen molar-refractivity contribution in [2.24, 2.45) is 0 Å². The molecule has 4 heteroatoms. The Kier molecular flexibility index (Phi) is 6.82. The van der Waals surface area contributed by atoms with Crippen molar-refractivity contribution in [2.45, 2.75) is 26.2 Å². The van der Waals surface area contributed by atoms with Gasteiger partial charge in [-0.3, -0.25) is 0 Å². The molecule has 18 heavy (non-hydrogen) atoms. The molecule has 0 aliphatic carbocycles. The molecule has 0 heterocycles. The summed E-state index contributed by atoms with van der Waals surface area (Å²) in [5, 5.41) is 11.6. The fraction of sp³-hybridized carbons (Fsp3) is 0.500. The van der Waals surface area contributed by atoms with Crippen LogP contribution in [-0.2, 0) is 4.74 Å². The zero-order valence-electron chi connectivity index (χ0n) is 10.7. The Bertz CT molecular complexity index is 401. The number of benzene rings is 1. The van der Waals surface area contributed by atoms with Crippen LogP contribution in [0.15, 0.2) is 18.2 Å². The number of ether oxygens (including phenoxy) is 1. The Morgan fingerprint density at radius 1 is 1.33 bits per heavy atom. The lowest BCUT2D eigenvalue weighted by molar-refractivity contribution is 0.131. The molecule has 1 aromatic carbocycles. The lowest BCUT2D eigenvalue weighted by Crippen LogP contribution is -2.07. The van der Waals surface area contributed by atoms with Crippen molar-refractivity contribution in [3.05, 3.63) is 29.6 Å². The van der Waals surface area contributed by atoms with Gasteiger partial charge < -0.3 is 10.1 Å². The fourth-order valence-electron chi connectivity index (χ4n) is 1.47. The lowest BCUT2D eigenvalue weighted by Gasteiger charge is -2.08. The standard InChI is InChI=1S/C14H19FN2O/c1-2-3-8-18-9-4-7-17-14-6-5-12(11-16)10-13(14)15/h5-6,10,17H,2-4,7-9H2,1H3. The minimum atomic E-state index is -0.388. The quantitative estimate of drug-likeness (QED) is 0.720. The minimum Gasteiger partial charge on any atom is -0.383 e. The van der Waals surface area contributed by atoms with Crippen LogP contribution >= 0.6 is 0 Å². The highest BCUT2D eigenvalue weighted by atomic mass is 19.1. The molecule has 1 aromatic rings. The molecule has 0 spiro atoms. The van der Waals surface area contributed by atoms with E-state index in [1.807, 2.05) is 6.07 Å². The van der Waals surface area contributed by atoms with E-state index in [0.29, 0.717) is 24.4 Å². The van der Waals surface area contributed by atoms with Crippen LogP contribution in [0.2, 0.25) is 0 Å². The van der Waals surface area contributed by atoms with Gasteiger partial charge in [0.1, 0.15) is 5.82 Å². The summed E-state index contributed by atoms with van der Waals surface area (Å²) in [5.41, 5.74) is 0.767. The average Bonchev–Trinajstić information content (AvgIpc) is 2.39. The molecule has 0 saturated heterocycles. The van der Waals surface area contributed by atoms with Gasteiger partial charge in [-0.2, -0.15) is 5.26 Å². The maximum absolute atomic E-state index is 13.5. The van der Waals surface area contributed by atoms with Crippen molar-refractivity contribution in [1.82, 2.24) is 0 Å². The fourth-order valence-corrected chi connectivity index (χ4v) is 1.47. The highest BCUT2D eigenvalue weighted by Gasteiger charge is 2.02. The van der Waals surface area contributed by atoms with E-state index in [1.165, 1.54) is 6.07 Å². The molecule has 0 aliphatic rings. The highest BCUT2D eigenvalue weighted by Crippen LogP contribution is 2.15. The number of hydrogen-bond donors (Lipinski definition) is 1. The van der Waals surface area contributed by atoms with E-state index in [4.69, 9.17) is 10.00 Å². The molecular formula is C14H19FN2O. The van der Waals surface area contributed by atoms with Gasteiger partial charge in [-0.05, 0) is 31.0 Å².